The summed E-state index contributed by atoms with van der Waals surface area (Å²) in [4.78, 5) is 20.7. The number of aryl methyl sites for hydroxylation is 1. The first-order valence-corrected chi connectivity index (χ1v) is 8.78. The lowest BCUT2D eigenvalue weighted by Crippen LogP contribution is -2.38. The van der Waals surface area contributed by atoms with E-state index in [0.29, 0.717) is 6.61 Å². The number of carbonyl (C=O) groups excluding carboxylic acids is 1. The van der Waals surface area contributed by atoms with Crippen molar-refractivity contribution in [1.29, 1.82) is 0 Å². The van der Waals surface area contributed by atoms with Gasteiger partial charge in [-0.1, -0.05) is 0 Å². The lowest BCUT2D eigenvalue weighted by Gasteiger charge is -2.31. The highest BCUT2D eigenvalue weighted by Gasteiger charge is 2.37. The van der Waals surface area contributed by atoms with Gasteiger partial charge in [-0.15, -0.1) is 11.3 Å². The lowest BCUT2D eigenvalue weighted by molar-refractivity contribution is -0.145. The zero-order chi connectivity index (χ0) is 15.0. The van der Waals surface area contributed by atoms with E-state index in [1.807, 2.05) is 6.92 Å². The van der Waals surface area contributed by atoms with Crippen LogP contribution in [0.1, 0.15) is 62.9 Å². The van der Waals surface area contributed by atoms with Gasteiger partial charge in [0, 0.05) is 17.0 Å². The van der Waals surface area contributed by atoms with E-state index in [1.165, 1.54) is 17.7 Å². The van der Waals surface area contributed by atoms with Crippen molar-refractivity contribution in [2.75, 3.05) is 18.1 Å². The van der Waals surface area contributed by atoms with Crippen LogP contribution < -0.4 is 4.90 Å². The van der Waals surface area contributed by atoms with Gasteiger partial charge in [0.05, 0.1) is 12.3 Å². The van der Waals surface area contributed by atoms with E-state index < -0.39 is 0 Å². The van der Waals surface area contributed by atoms with Crippen LogP contribution in [0.5, 0.6) is 0 Å². The quantitative estimate of drug-likeness (QED) is 0.802. The van der Waals surface area contributed by atoms with Crippen LogP contribution in [-0.2, 0) is 16.0 Å². The summed E-state index contributed by atoms with van der Waals surface area (Å²) in [6.45, 7) is 7.94. The highest BCUT2D eigenvalue weighted by molar-refractivity contribution is 7.15. The van der Waals surface area contributed by atoms with E-state index in [2.05, 4.69) is 18.7 Å². The molecule has 0 bridgehead atoms. The molecule has 2 heterocycles. The van der Waals surface area contributed by atoms with Gasteiger partial charge in [0.1, 0.15) is 5.92 Å². The average Bonchev–Trinajstić information content (AvgIpc) is 3.00. The molecule has 116 valence electrons. The van der Waals surface area contributed by atoms with Crippen LogP contribution in [0.3, 0.4) is 0 Å². The Labute approximate surface area is 130 Å². The van der Waals surface area contributed by atoms with Gasteiger partial charge in [-0.05, 0) is 52.9 Å². The number of ether oxygens (including phenoxy) is 1. The number of hydrogen-bond acceptors (Lipinski definition) is 5. The number of hydrogen-bond donors (Lipinski definition) is 0. The summed E-state index contributed by atoms with van der Waals surface area (Å²) in [5.41, 5.74) is 1.17. The van der Waals surface area contributed by atoms with Crippen LogP contribution >= 0.6 is 11.3 Å². The summed E-state index contributed by atoms with van der Waals surface area (Å²) < 4.78 is 5.23. The first kappa shape index (κ1) is 14.8. The maximum Gasteiger partial charge on any atom is 0.315 e. The van der Waals surface area contributed by atoms with Crippen LogP contribution in [-0.4, -0.2) is 29.6 Å². The van der Waals surface area contributed by atoms with Crippen molar-refractivity contribution in [3.63, 3.8) is 0 Å². The van der Waals surface area contributed by atoms with E-state index in [1.54, 1.807) is 11.3 Å². The minimum atomic E-state index is -0.149. The zero-order valence-corrected chi connectivity index (χ0v) is 14.0. The van der Waals surface area contributed by atoms with E-state index >= 15 is 0 Å². The molecule has 2 aliphatic rings. The van der Waals surface area contributed by atoms with Crippen molar-refractivity contribution in [1.82, 2.24) is 4.98 Å². The summed E-state index contributed by atoms with van der Waals surface area (Å²) in [5, 5.41) is 1.10. The van der Waals surface area contributed by atoms with Crippen LogP contribution in [0, 0.1) is 0 Å². The van der Waals surface area contributed by atoms with Crippen LogP contribution in [0.4, 0.5) is 5.13 Å². The summed E-state index contributed by atoms with van der Waals surface area (Å²) in [6.07, 6.45) is 5.41. The van der Waals surface area contributed by atoms with Gasteiger partial charge in [-0.2, -0.15) is 0 Å². The number of esters is 1. The molecule has 4 nitrogen and oxygen atoms in total. The fourth-order valence-electron chi connectivity index (χ4n) is 3.46. The number of anilines is 1. The zero-order valence-electron chi connectivity index (χ0n) is 13.1. The van der Waals surface area contributed by atoms with Crippen molar-refractivity contribution in [2.45, 2.75) is 64.3 Å². The van der Waals surface area contributed by atoms with Gasteiger partial charge in [-0.25, -0.2) is 4.98 Å². The van der Waals surface area contributed by atoms with Crippen molar-refractivity contribution in [3.8, 4) is 0 Å². The second-order valence-electron chi connectivity index (χ2n) is 6.57. The molecular formula is C16H24N2O2S. The maximum atomic E-state index is 12.1. The molecule has 1 unspecified atom stereocenters. The first-order valence-electron chi connectivity index (χ1n) is 7.97. The van der Waals surface area contributed by atoms with Crippen molar-refractivity contribution in [3.05, 3.63) is 10.6 Å². The summed E-state index contributed by atoms with van der Waals surface area (Å²) in [5.74, 6) is -0.250. The van der Waals surface area contributed by atoms with Gasteiger partial charge in [0.2, 0.25) is 0 Å². The number of nitrogens with zero attached hydrogens (tertiary/aromatic N) is 2. The molecule has 0 aromatic carbocycles. The van der Waals surface area contributed by atoms with Crippen molar-refractivity contribution < 1.29 is 9.53 Å². The molecule has 21 heavy (non-hydrogen) atoms. The minimum absolute atomic E-state index is 0.101. The molecule has 0 radical (unpaired) electrons. The Morgan fingerprint density at radius 1 is 1.48 bits per heavy atom. The van der Waals surface area contributed by atoms with Crippen molar-refractivity contribution >= 4 is 22.4 Å². The van der Waals surface area contributed by atoms with Gasteiger partial charge < -0.3 is 9.64 Å². The van der Waals surface area contributed by atoms with E-state index in [9.17, 15) is 4.79 Å². The second-order valence-corrected chi connectivity index (χ2v) is 7.63. The molecule has 1 aromatic rings. The molecule has 1 fully saturated rings. The largest absolute Gasteiger partial charge is 0.465 e. The van der Waals surface area contributed by atoms with Crippen molar-refractivity contribution in [2.24, 2.45) is 0 Å². The maximum absolute atomic E-state index is 12.1. The third kappa shape index (κ3) is 2.68. The van der Waals surface area contributed by atoms with E-state index in [0.717, 1.165) is 36.6 Å². The second kappa shape index (κ2) is 5.59. The lowest BCUT2D eigenvalue weighted by atomic mass is 9.91. The Balaban J connectivity index is 1.89. The fourth-order valence-corrected chi connectivity index (χ4v) is 4.81. The third-order valence-electron chi connectivity index (χ3n) is 4.65. The molecule has 1 aliphatic heterocycles. The number of carbonyl (C=O) groups is 1. The van der Waals surface area contributed by atoms with Gasteiger partial charge in [-0.3, -0.25) is 4.79 Å². The fraction of sp³-hybridized carbons (Fsp3) is 0.750. The Morgan fingerprint density at radius 2 is 2.29 bits per heavy atom. The topological polar surface area (TPSA) is 42.4 Å². The molecule has 0 saturated carbocycles. The van der Waals surface area contributed by atoms with E-state index in [-0.39, 0.29) is 17.4 Å². The Morgan fingerprint density at radius 3 is 2.95 bits per heavy atom. The highest BCUT2D eigenvalue weighted by Crippen LogP contribution is 2.42. The molecule has 0 N–H and O–H groups in total. The van der Waals surface area contributed by atoms with Crippen LogP contribution in [0.15, 0.2) is 0 Å². The van der Waals surface area contributed by atoms with Crippen LogP contribution in [0.25, 0.3) is 0 Å². The Bertz CT molecular complexity index is 538. The number of fused-ring (bicyclic) bond motifs is 1. The Kier molecular flexibility index (Phi) is 3.95. The minimum Gasteiger partial charge on any atom is -0.465 e. The molecule has 1 atom stereocenters. The predicted molar refractivity (Wildman–Crippen MR) is 85.1 cm³/mol. The molecule has 0 spiro atoms. The standard InChI is InChI=1S/C16H24N2O2S/c1-4-20-14(19)11-7-5-8-12-13(11)17-15(21-12)18-10-6-9-16(18,2)3/h11H,4-10H2,1-3H3. The third-order valence-corrected chi connectivity index (χ3v) is 5.80. The summed E-state index contributed by atoms with van der Waals surface area (Å²) >= 11 is 1.78. The predicted octanol–water partition coefficient (Wildman–Crippen LogP) is 3.50. The summed E-state index contributed by atoms with van der Waals surface area (Å²) in [6, 6.07) is 0. The molecule has 3 rings (SSSR count). The number of rotatable bonds is 3. The van der Waals surface area contributed by atoms with Gasteiger partial charge >= 0.3 is 5.97 Å². The molecule has 1 aromatic heterocycles. The SMILES string of the molecule is CCOC(=O)C1CCCc2sc(N3CCCC3(C)C)nc21. The normalized spacial score (nSPS) is 24.0. The summed E-state index contributed by atoms with van der Waals surface area (Å²) in [7, 11) is 0. The molecule has 1 aliphatic carbocycles. The molecule has 1 saturated heterocycles. The number of aromatic nitrogens is 1. The smallest absolute Gasteiger partial charge is 0.315 e. The van der Waals surface area contributed by atoms with Gasteiger partial charge in [0.25, 0.3) is 0 Å². The monoisotopic (exact) mass is 308 g/mol. The highest BCUT2D eigenvalue weighted by atomic mass is 32.1. The van der Waals surface area contributed by atoms with Crippen LogP contribution in [0.2, 0.25) is 0 Å². The van der Waals surface area contributed by atoms with Gasteiger partial charge in [0.15, 0.2) is 5.13 Å². The molecular weight excluding hydrogens is 284 g/mol. The molecule has 5 heteroatoms. The van der Waals surface area contributed by atoms with E-state index in [4.69, 9.17) is 9.72 Å². The Hall–Kier alpha value is -1.10. The number of thiazole rings is 1. The first-order chi connectivity index (χ1) is 10.0. The average molecular weight is 308 g/mol. The molecule has 0 amide bonds.